The summed E-state index contributed by atoms with van der Waals surface area (Å²) in [5.74, 6) is 0.483. The number of aryl methyl sites for hydroxylation is 1. The molecule has 1 aliphatic rings. The second kappa shape index (κ2) is 8.42. The van der Waals surface area contributed by atoms with Gasteiger partial charge in [0.1, 0.15) is 0 Å². The predicted octanol–water partition coefficient (Wildman–Crippen LogP) is 4.63. The van der Waals surface area contributed by atoms with Crippen molar-refractivity contribution < 1.29 is 9.72 Å². The highest BCUT2D eigenvalue weighted by molar-refractivity contribution is 5.95. The highest BCUT2D eigenvalue weighted by atomic mass is 16.6. The number of anilines is 1. The molecular formula is C22H27N3O3. The lowest BCUT2D eigenvalue weighted by molar-refractivity contribution is -0.385. The van der Waals surface area contributed by atoms with Crippen LogP contribution < -0.4 is 10.2 Å². The van der Waals surface area contributed by atoms with Crippen LogP contribution >= 0.6 is 0 Å². The summed E-state index contributed by atoms with van der Waals surface area (Å²) < 4.78 is 0. The van der Waals surface area contributed by atoms with Crippen LogP contribution in [0.3, 0.4) is 0 Å². The molecule has 3 rings (SSSR count). The Balaban J connectivity index is 1.65. The van der Waals surface area contributed by atoms with Crippen molar-refractivity contribution in [3.8, 4) is 0 Å². The first-order valence-corrected chi connectivity index (χ1v) is 9.76. The fraction of sp³-hybridized carbons (Fsp3) is 0.409. The quantitative estimate of drug-likeness (QED) is 0.605. The SMILES string of the molecule is Cc1cc(C(=O)N[C@@H](C)c2ccc(N3CCC[C@H](C)C3)cc2)ccc1[N+](=O)[O-]. The van der Waals surface area contributed by atoms with Gasteiger partial charge in [0.25, 0.3) is 11.6 Å². The van der Waals surface area contributed by atoms with Gasteiger partial charge in [0, 0.05) is 36.0 Å². The second-order valence-corrected chi connectivity index (χ2v) is 7.74. The predicted molar refractivity (Wildman–Crippen MR) is 111 cm³/mol. The lowest BCUT2D eigenvalue weighted by Gasteiger charge is -2.33. The van der Waals surface area contributed by atoms with E-state index in [1.165, 1.54) is 30.7 Å². The highest BCUT2D eigenvalue weighted by Gasteiger charge is 2.18. The molecule has 0 aromatic heterocycles. The number of carbonyl (C=O) groups excluding carboxylic acids is 1. The van der Waals surface area contributed by atoms with E-state index in [4.69, 9.17) is 0 Å². The number of piperidine rings is 1. The monoisotopic (exact) mass is 381 g/mol. The molecular weight excluding hydrogens is 354 g/mol. The van der Waals surface area contributed by atoms with Crippen LogP contribution in [0.15, 0.2) is 42.5 Å². The van der Waals surface area contributed by atoms with Crippen molar-refractivity contribution >= 4 is 17.3 Å². The molecule has 0 bridgehead atoms. The van der Waals surface area contributed by atoms with Gasteiger partial charge in [0.2, 0.25) is 0 Å². The van der Waals surface area contributed by atoms with Gasteiger partial charge in [-0.3, -0.25) is 14.9 Å². The normalized spacial score (nSPS) is 17.8. The van der Waals surface area contributed by atoms with Crippen LogP contribution in [0, 0.1) is 23.0 Å². The molecule has 1 N–H and O–H groups in total. The highest BCUT2D eigenvalue weighted by Crippen LogP contribution is 2.25. The van der Waals surface area contributed by atoms with Crippen molar-refractivity contribution in [2.45, 2.75) is 39.7 Å². The zero-order chi connectivity index (χ0) is 20.3. The van der Waals surface area contributed by atoms with Crippen LogP contribution in [0.25, 0.3) is 0 Å². The van der Waals surface area contributed by atoms with E-state index >= 15 is 0 Å². The molecule has 0 unspecified atom stereocenters. The summed E-state index contributed by atoms with van der Waals surface area (Å²) in [4.78, 5) is 25.4. The number of nitro groups is 1. The molecule has 0 radical (unpaired) electrons. The van der Waals surface area contributed by atoms with E-state index in [1.54, 1.807) is 13.0 Å². The maximum atomic E-state index is 12.5. The molecule has 1 amide bonds. The summed E-state index contributed by atoms with van der Waals surface area (Å²) in [5.41, 5.74) is 3.17. The molecule has 0 saturated carbocycles. The Kier molecular flexibility index (Phi) is 5.97. The number of carbonyl (C=O) groups is 1. The first-order chi connectivity index (χ1) is 13.3. The number of hydrogen-bond donors (Lipinski definition) is 1. The smallest absolute Gasteiger partial charge is 0.272 e. The van der Waals surface area contributed by atoms with Gasteiger partial charge >= 0.3 is 0 Å². The van der Waals surface area contributed by atoms with Crippen molar-refractivity contribution in [1.29, 1.82) is 0 Å². The van der Waals surface area contributed by atoms with Gasteiger partial charge in [0.15, 0.2) is 0 Å². The van der Waals surface area contributed by atoms with E-state index in [2.05, 4.69) is 41.4 Å². The lowest BCUT2D eigenvalue weighted by atomic mass is 9.99. The molecule has 1 aliphatic heterocycles. The van der Waals surface area contributed by atoms with E-state index in [1.807, 2.05) is 6.92 Å². The summed E-state index contributed by atoms with van der Waals surface area (Å²) in [6.07, 6.45) is 2.52. The van der Waals surface area contributed by atoms with Gasteiger partial charge in [-0.25, -0.2) is 0 Å². The second-order valence-electron chi connectivity index (χ2n) is 7.74. The Morgan fingerprint density at radius 3 is 2.57 bits per heavy atom. The largest absolute Gasteiger partial charge is 0.371 e. The van der Waals surface area contributed by atoms with Gasteiger partial charge in [-0.05, 0) is 62.4 Å². The molecule has 0 aliphatic carbocycles. The van der Waals surface area contributed by atoms with Gasteiger partial charge in [-0.15, -0.1) is 0 Å². The summed E-state index contributed by atoms with van der Waals surface area (Å²) in [7, 11) is 0. The fourth-order valence-corrected chi connectivity index (χ4v) is 3.76. The Morgan fingerprint density at radius 2 is 1.96 bits per heavy atom. The first kappa shape index (κ1) is 19.9. The van der Waals surface area contributed by atoms with Crippen molar-refractivity contribution in [2.75, 3.05) is 18.0 Å². The molecule has 1 fully saturated rings. The minimum Gasteiger partial charge on any atom is -0.371 e. The number of nitro benzene ring substituents is 1. The number of nitrogens with one attached hydrogen (secondary N) is 1. The average Bonchev–Trinajstić information content (AvgIpc) is 2.67. The molecule has 148 valence electrons. The zero-order valence-corrected chi connectivity index (χ0v) is 16.6. The number of hydrogen-bond acceptors (Lipinski definition) is 4. The Labute approximate surface area is 165 Å². The maximum absolute atomic E-state index is 12.5. The van der Waals surface area contributed by atoms with Crippen LogP contribution in [0.2, 0.25) is 0 Å². The van der Waals surface area contributed by atoms with Crippen LogP contribution in [-0.4, -0.2) is 23.9 Å². The first-order valence-electron chi connectivity index (χ1n) is 9.76. The van der Waals surface area contributed by atoms with Crippen LogP contribution in [0.4, 0.5) is 11.4 Å². The van der Waals surface area contributed by atoms with Gasteiger partial charge < -0.3 is 10.2 Å². The maximum Gasteiger partial charge on any atom is 0.272 e. The molecule has 2 aromatic carbocycles. The third-order valence-electron chi connectivity index (χ3n) is 5.42. The standard InChI is InChI=1S/C22H27N3O3/c1-15-5-4-12-24(14-15)20-9-6-18(7-10-20)17(3)23-22(26)19-8-11-21(25(27)28)16(2)13-19/h6-11,13,15,17H,4-5,12,14H2,1-3H3,(H,23,26)/t15-,17-/m0/s1. The number of nitrogens with zero attached hydrogens (tertiary/aromatic N) is 2. The van der Waals surface area contributed by atoms with Crippen LogP contribution in [-0.2, 0) is 0 Å². The Bertz CT molecular complexity index is 864. The molecule has 6 nitrogen and oxygen atoms in total. The fourth-order valence-electron chi connectivity index (χ4n) is 3.76. The molecule has 1 heterocycles. The summed E-state index contributed by atoms with van der Waals surface area (Å²) in [6, 6.07) is 12.6. The van der Waals surface area contributed by atoms with E-state index < -0.39 is 4.92 Å². The number of amides is 1. The van der Waals surface area contributed by atoms with Crippen molar-refractivity contribution in [2.24, 2.45) is 5.92 Å². The van der Waals surface area contributed by atoms with E-state index in [9.17, 15) is 14.9 Å². The minimum absolute atomic E-state index is 0.0206. The summed E-state index contributed by atoms with van der Waals surface area (Å²) in [5, 5.41) is 13.9. The lowest BCUT2D eigenvalue weighted by Crippen LogP contribution is -2.34. The third-order valence-corrected chi connectivity index (χ3v) is 5.42. The average molecular weight is 381 g/mol. The Morgan fingerprint density at radius 1 is 1.25 bits per heavy atom. The molecule has 1 saturated heterocycles. The molecule has 2 aromatic rings. The van der Waals surface area contributed by atoms with Crippen molar-refractivity contribution in [3.05, 3.63) is 69.3 Å². The molecule has 28 heavy (non-hydrogen) atoms. The third kappa shape index (κ3) is 4.50. The van der Waals surface area contributed by atoms with Gasteiger partial charge in [-0.2, -0.15) is 0 Å². The molecule has 0 spiro atoms. The van der Waals surface area contributed by atoms with E-state index in [0.29, 0.717) is 11.1 Å². The van der Waals surface area contributed by atoms with E-state index in [0.717, 1.165) is 24.6 Å². The zero-order valence-electron chi connectivity index (χ0n) is 16.6. The molecule has 6 heteroatoms. The van der Waals surface area contributed by atoms with Crippen LogP contribution in [0.5, 0.6) is 0 Å². The molecule has 2 atom stereocenters. The van der Waals surface area contributed by atoms with Gasteiger partial charge in [0.05, 0.1) is 11.0 Å². The topological polar surface area (TPSA) is 75.5 Å². The minimum atomic E-state index is -0.440. The van der Waals surface area contributed by atoms with E-state index in [-0.39, 0.29) is 17.6 Å². The summed E-state index contributed by atoms with van der Waals surface area (Å²) >= 11 is 0. The van der Waals surface area contributed by atoms with Crippen molar-refractivity contribution in [3.63, 3.8) is 0 Å². The Hall–Kier alpha value is -2.89. The van der Waals surface area contributed by atoms with Crippen LogP contribution in [0.1, 0.15) is 54.2 Å². The van der Waals surface area contributed by atoms with Crippen molar-refractivity contribution in [1.82, 2.24) is 5.32 Å². The number of rotatable bonds is 5. The number of benzene rings is 2. The summed E-state index contributed by atoms with van der Waals surface area (Å²) in [6.45, 7) is 8.05. The van der Waals surface area contributed by atoms with Gasteiger partial charge in [-0.1, -0.05) is 19.1 Å².